The van der Waals surface area contributed by atoms with Crippen LogP contribution in [-0.2, 0) is 0 Å². The van der Waals surface area contributed by atoms with Gasteiger partial charge < -0.3 is 21.4 Å². The molecule has 0 aliphatic rings. The first-order chi connectivity index (χ1) is 15.0. The molecule has 0 fully saturated rings. The highest BCUT2D eigenvalue weighted by atomic mass is 16.1. The first kappa shape index (κ1) is 20.2. The summed E-state index contributed by atoms with van der Waals surface area (Å²) < 4.78 is 2.18. The molecule has 1 unspecified atom stereocenters. The Kier molecular flexibility index (Phi) is 5.66. The minimum absolute atomic E-state index is 0.0560. The van der Waals surface area contributed by atoms with Crippen molar-refractivity contribution in [2.24, 2.45) is 16.5 Å². The topological polar surface area (TPSA) is 111 Å². The average Bonchev–Trinajstić information content (AvgIpc) is 3.18. The fourth-order valence-corrected chi connectivity index (χ4v) is 3.70. The molecule has 1 amide bonds. The van der Waals surface area contributed by atoms with Crippen LogP contribution in [0.15, 0.2) is 84.1 Å². The van der Waals surface area contributed by atoms with Crippen molar-refractivity contribution in [3.05, 3.63) is 90.3 Å². The van der Waals surface area contributed by atoms with E-state index in [1.54, 1.807) is 24.3 Å². The predicted octanol–water partition coefficient (Wildman–Crippen LogP) is 4.19. The third-order valence-electron chi connectivity index (χ3n) is 5.11. The van der Waals surface area contributed by atoms with E-state index in [1.165, 1.54) is 5.56 Å². The summed E-state index contributed by atoms with van der Waals surface area (Å²) in [5.41, 5.74) is 15.6. The number of imidazole rings is 1. The largest absolute Gasteiger partial charge is 0.370 e. The van der Waals surface area contributed by atoms with E-state index in [-0.39, 0.29) is 17.9 Å². The molecule has 3 aromatic carbocycles. The molecular formula is C24H24N6O. The molecule has 31 heavy (non-hydrogen) atoms. The minimum atomic E-state index is -0.248. The van der Waals surface area contributed by atoms with Crippen LogP contribution in [0.1, 0.15) is 35.3 Å². The number of carbonyl (C=O) groups is 1. The first-order valence-corrected chi connectivity index (χ1v) is 10.1. The van der Waals surface area contributed by atoms with Crippen LogP contribution in [0.2, 0.25) is 0 Å². The van der Waals surface area contributed by atoms with E-state index < -0.39 is 0 Å². The number of rotatable bonds is 6. The third-order valence-corrected chi connectivity index (χ3v) is 5.11. The Hall–Kier alpha value is -4.13. The quantitative estimate of drug-likeness (QED) is 0.326. The molecule has 0 bridgehead atoms. The molecule has 1 atom stereocenters. The second kappa shape index (κ2) is 8.71. The van der Waals surface area contributed by atoms with Gasteiger partial charge >= 0.3 is 0 Å². The Bertz CT molecular complexity index is 1240. The number of fused-ring (bicyclic) bond motifs is 1. The summed E-state index contributed by atoms with van der Waals surface area (Å²) in [6.07, 6.45) is 2.80. The second-order valence-electron chi connectivity index (χ2n) is 7.23. The summed E-state index contributed by atoms with van der Waals surface area (Å²) in [6.45, 7) is 2.16. The van der Waals surface area contributed by atoms with Crippen LogP contribution >= 0.6 is 0 Å². The number of nitrogens with one attached hydrogen (secondary N) is 1. The molecule has 4 aromatic rings. The fraction of sp³-hybridized carbons (Fsp3) is 0.125. The summed E-state index contributed by atoms with van der Waals surface area (Å²) in [7, 11) is 0. The summed E-state index contributed by atoms with van der Waals surface area (Å²) in [6, 6.07) is 23.1. The van der Waals surface area contributed by atoms with Crippen molar-refractivity contribution in [3.63, 3.8) is 0 Å². The van der Waals surface area contributed by atoms with E-state index in [0.29, 0.717) is 16.9 Å². The van der Waals surface area contributed by atoms with Gasteiger partial charge in [-0.05, 0) is 48.4 Å². The van der Waals surface area contributed by atoms with Crippen LogP contribution in [0, 0.1) is 0 Å². The molecule has 0 saturated heterocycles. The molecule has 1 aromatic heterocycles. The fourth-order valence-electron chi connectivity index (χ4n) is 3.70. The molecule has 0 radical (unpaired) electrons. The van der Waals surface area contributed by atoms with E-state index >= 15 is 0 Å². The normalized spacial score (nSPS) is 11.8. The highest BCUT2D eigenvalue weighted by Gasteiger charge is 2.15. The molecule has 7 heteroatoms. The lowest BCUT2D eigenvalue weighted by molar-refractivity contribution is 0.102. The molecule has 0 aliphatic heterocycles. The number of benzene rings is 3. The number of hydrogen-bond acceptors (Lipinski definition) is 3. The van der Waals surface area contributed by atoms with Crippen molar-refractivity contribution in [3.8, 4) is 0 Å². The molecule has 1 heterocycles. The first-order valence-electron chi connectivity index (χ1n) is 10.1. The predicted molar refractivity (Wildman–Crippen MR) is 124 cm³/mol. The molecule has 0 saturated carbocycles. The number of guanidine groups is 1. The zero-order valence-electron chi connectivity index (χ0n) is 17.2. The van der Waals surface area contributed by atoms with Crippen LogP contribution in [0.3, 0.4) is 0 Å². The number of carbonyl (C=O) groups excluding carboxylic acids is 1. The lowest BCUT2D eigenvalue weighted by Gasteiger charge is -2.18. The van der Waals surface area contributed by atoms with Crippen molar-refractivity contribution in [2.75, 3.05) is 5.32 Å². The van der Waals surface area contributed by atoms with Crippen LogP contribution in [0.25, 0.3) is 11.0 Å². The van der Waals surface area contributed by atoms with Crippen LogP contribution in [-0.4, -0.2) is 21.4 Å². The Morgan fingerprint density at radius 1 is 1.06 bits per heavy atom. The third kappa shape index (κ3) is 4.40. The average molecular weight is 412 g/mol. The summed E-state index contributed by atoms with van der Waals surface area (Å²) in [4.78, 5) is 21.2. The Balaban J connectivity index is 1.58. The molecular weight excluding hydrogens is 388 g/mol. The molecule has 5 N–H and O–H groups in total. The second-order valence-corrected chi connectivity index (χ2v) is 7.23. The van der Waals surface area contributed by atoms with Crippen LogP contribution in [0.5, 0.6) is 0 Å². The van der Waals surface area contributed by atoms with E-state index in [1.807, 2.05) is 42.7 Å². The smallest absolute Gasteiger partial charge is 0.255 e. The maximum atomic E-state index is 12.7. The van der Waals surface area contributed by atoms with Crippen molar-refractivity contribution in [1.29, 1.82) is 0 Å². The molecule has 0 aliphatic carbocycles. The van der Waals surface area contributed by atoms with Gasteiger partial charge in [0.2, 0.25) is 0 Å². The van der Waals surface area contributed by atoms with E-state index in [0.717, 1.165) is 17.5 Å². The minimum Gasteiger partial charge on any atom is -0.370 e. The zero-order valence-corrected chi connectivity index (χ0v) is 17.2. The SMILES string of the molecule is CCC(c1ccccc1)n1cnc2cc(NC(=O)c3cccc(N=C(N)N)c3)ccc21. The molecule has 156 valence electrons. The van der Waals surface area contributed by atoms with Crippen LogP contribution < -0.4 is 16.8 Å². The number of aliphatic imine (C=N–C) groups is 1. The van der Waals surface area contributed by atoms with E-state index in [9.17, 15) is 4.79 Å². The Morgan fingerprint density at radius 3 is 2.61 bits per heavy atom. The maximum absolute atomic E-state index is 12.7. The van der Waals surface area contributed by atoms with Gasteiger partial charge in [0.05, 0.1) is 29.1 Å². The van der Waals surface area contributed by atoms with Gasteiger partial charge in [0, 0.05) is 11.3 Å². The highest BCUT2D eigenvalue weighted by Crippen LogP contribution is 2.28. The number of amides is 1. The van der Waals surface area contributed by atoms with Gasteiger partial charge in [-0.15, -0.1) is 0 Å². The maximum Gasteiger partial charge on any atom is 0.255 e. The summed E-state index contributed by atoms with van der Waals surface area (Å²) in [5.74, 6) is -0.304. The highest BCUT2D eigenvalue weighted by molar-refractivity contribution is 6.05. The number of nitrogens with two attached hydrogens (primary N) is 2. The van der Waals surface area contributed by atoms with Crippen LogP contribution in [0.4, 0.5) is 11.4 Å². The standard InChI is InChI=1S/C24H24N6O/c1-2-21(16-7-4-3-5-8-16)30-15-27-20-14-19(11-12-22(20)30)28-23(31)17-9-6-10-18(13-17)29-24(25)26/h3-15,21H,2H2,1H3,(H,28,31)(H4,25,26,29). The van der Waals surface area contributed by atoms with E-state index in [2.05, 4.69) is 38.9 Å². The number of anilines is 1. The lowest BCUT2D eigenvalue weighted by atomic mass is 10.0. The zero-order chi connectivity index (χ0) is 21.8. The lowest BCUT2D eigenvalue weighted by Crippen LogP contribution is -2.21. The number of aromatic nitrogens is 2. The van der Waals surface area contributed by atoms with Gasteiger partial charge in [0.25, 0.3) is 5.91 Å². The van der Waals surface area contributed by atoms with Crippen molar-refractivity contribution in [1.82, 2.24) is 9.55 Å². The van der Waals surface area contributed by atoms with Gasteiger partial charge in [0.1, 0.15) is 0 Å². The summed E-state index contributed by atoms with van der Waals surface area (Å²) in [5, 5.41) is 2.92. The summed E-state index contributed by atoms with van der Waals surface area (Å²) >= 11 is 0. The molecule has 7 nitrogen and oxygen atoms in total. The van der Waals surface area contributed by atoms with Gasteiger partial charge in [0.15, 0.2) is 5.96 Å². The Labute approximate surface area is 180 Å². The number of hydrogen-bond donors (Lipinski definition) is 3. The van der Waals surface area contributed by atoms with Gasteiger partial charge in [-0.3, -0.25) is 4.79 Å². The van der Waals surface area contributed by atoms with Gasteiger partial charge in [-0.1, -0.05) is 43.3 Å². The van der Waals surface area contributed by atoms with Crippen molar-refractivity contribution >= 4 is 34.3 Å². The molecule has 0 spiro atoms. The van der Waals surface area contributed by atoms with E-state index in [4.69, 9.17) is 11.5 Å². The monoisotopic (exact) mass is 412 g/mol. The molecule has 4 rings (SSSR count). The number of nitrogens with zero attached hydrogens (tertiary/aromatic N) is 3. The van der Waals surface area contributed by atoms with Gasteiger partial charge in [-0.2, -0.15) is 0 Å². The Morgan fingerprint density at radius 2 is 1.87 bits per heavy atom. The van der Waals surface area contributed by atoms with Gasteiger partial charge in [-0.25, -0.2) is 9.98 Å². The van der Waals surface area contributed by atoms with Crippen molar-refractivity contribution in [2.45, 2.75) is 19.4 Å². The van der Waals surface area contributed by atoms with Crippen molar-refractivity contribution < 1.29 is 4.79 Å².